The second kappa shape index (κ2) is 9.09. The molecule has 3 aliphatic carbocycles. The summed E-state index contributed by atoms with van der Waals surface area (Å²) in [7, 11) is 0. The van der Waals surface area contributed by atoms with E-state index in [-0.39, 0.29) is 17.9 Å². The highest BCUT2D eigenvalue weighted by Gasteiger charge is 2.49. The maximum Gasteiger partial charge on any atom is 0.137 e. The molecule has 3 heteroatoms. The van der Waals surface area contributed by atoms with Gasteiger partial charge in [-0.1, -0.05) is 39.0 Å². The molecule has 0 radical (unpaired) electrons. The van der Waals surface area contributed by atoms with Crippen molar-refractivity contribution in [3.8, 4) is 0 Å². The van der Waals surface area contributed by atoms with Gasteiger partial charge in [0.25, 0.3) is 0 Å². The van der Waals surface area contributed by atoms with Crippen molar-refractivity contribution >= 4 is 0 Å². The summed E-state index contributed by atoms with van der Waals surface area (Å²) in [6, 6.07) is 0. The molecule has 0 aromatic heterocycles. The van der Waals surface area contributed by atoms with Crippen molar-refractivity contribution in [3.63, 3.8) is 0 Å². The molecule has 4 rings (SSSR count). The van der Waals surface area contributed by atoms with E-state index in [1.807, 2.05) is 0 Å². The van der Waals surface area contributed by atoms with Crippen LogP contribution in [0, 0.1) is 35.5 Å². The Balaban J connectivity index is 1.21. The van der Waals surface area contributed by atoms with Crippen LogP contribution in [0.5, 0.6) is 0 Å². The minimum absolute atomic E-state index is 0.0161. The van der Waals surface area contributed by atoms with Crippen molar-refractivity contribution in [2.45, 2.75) is 109 Å². The van der Waals surface area contributed by atoms with Gasteiger partial charge in [-0.15, -0.1) is 0 Å². The van der Waals surface area contributed by atoms with Crippen LogP contribution in [0.15, 0.2) is 0 Å². The van der Waals surface area contributed by atoms with Gasteiger partial charge in [-0.2, -0.15) is 0 Å². The minimum atomic E-state index is -1.28. The second-order valence-corrected chi connectivity index (χ2v) is 10.3. The third-order valence-corrected chi connectivity index (χ3v) is 8.74. The van der Waals surface area contributed by atoms with Gasteiger partial charge in [-0.25, -0.2) is 8.78 Å². The topological polar surface area (TPSA) is 12.5 Å². The number of ether oxygens (including phenoxy) is 1. The summed E-state index contributed by atoms with van der Waals surface area (Å²) in [4.78, 5) is 0. The summed E-state index contributed by atoms with van der Waals surface area (Å²) in [5.41, 5.74) is 0. The van der Waals surface area contributed by atoms with Crippen LogP contribution in [-0.2, 0) is 4.74 Å². The van der Waals surface area contributed by atoms with Crippen molar-refractivity contribution in [2.75, 3.05) is 6.61 Å². The highest BCUT2D eigenvalue weighted by molar-refractivity contribution is 4.97. The smallest absolute Gasteiger partial charge is 0.137 e. The highest BCUT2D eigenvalue weighted by Crippen LogP contribution is 2.48. The predicted octanol–water partition coefficient (Wildman–Crippen LogP) is 6.89. The number of hydrogen-bond acceptors (Lipinski definition) is 1. The summed E-state index contributed by atoms with van der Waals surface area (Å²) in [5.74, 6) is 3.00. The van der Waals surface area contributed by atoms with Crippen molar-refractivity contribution in [1.82, 2.24) is 0 Å². The van der Waals surface area contributed by atoms with Crippen molar-refractivity contribution in [3.05, 3.63) is 0 Å². The van der Waals surface area contributed by atoms with E-state index < -0.39 is 12.3 Å². The first-order valence-electron chi connectivity index (χ1n) is 12.1. The fourth-order valence-corrected chi connectivity index (χ4v) is 6.85. The average molecular weight is 383 g/mol. The van der Waals surface area contributed by atoms with Crippen LogP contribution in [0.3, 0.4) is 0 Å². The molecule has 4 fully saturated rings. The summed E-state index contributed by atoms with van der Waals surface area (Å²) >= 11 is 0. The summed E-state index contributed by atoms with van der Waals surface area (Å²) in [6.45, 7) is 2.94. The van der Waals surface area contributed by atoms with E-state index in [1.54, 1.807) is 0 Å². The Labute approximate surface area is 165 Å². The first kappa shape index (κ1) is 20.1. The average Bonchev–Trinajstić information content (AvgIpc) is 3.54. The Morgan fingerprint density at radius 1 is 0.704 bits per heavy atom. The van der Waals surface area contributed by atoms with Crippen LogP contribution in [0.1, 0.15) is 90.4 Å². The van der Waals surface area contributed by atoms with Gasteiger partial charge in [-0.3, -0.25) is 0 Å². The van der Waals surface area contributed by atoms with E-state index in [2.05, 4.69) is 6.92 Å². The number of halogens is 2. The molecular formula is C24H40F2O. The molecule has 0 aromatic rings. The molecule has 27 heavy (non-hydrogen) atoms. The molecular weight excluding hydrogens is 342 g/mol. The predicted molar refractivity (Wildman–Crippen MR) is 106 cm³/mol. The van der Waals surface area contributed by atoms with Gasteiger partial charge in [0.1, 0.15) is 12.3 Å². The van der Waals surface area contributed by atoms with Gasteiger partial charge in [0.2, 0.25) is 0 Å². The molecule has 1 aliphatic heterocycles. The third kappa shape index (κ3) is 4.70. The molecule has 1 nitrogen and oxygen atoms in total. The van der Waals surface area contributed by atoms with E-state index in [1.165, 1.54) is 57.8 Å². The Bertz CT molecular complexity index is 449. The van der Waals surface area contributed by atoms with E-state index in [0.717, 1.165) is 43.4 Å². The monoisotopic (exact) mass is 382 g/mol. The van der Waals surface area contributed by atoms with Crippen molar-refractivity contribution < 1.29 is 13.5 Å². The first-order chi connectivity index (χ1) is 13.2. The first-order valence-corrected chi connectivity index (χ1v) is 12.1. The lowest BCUT2D eigenvalue weighted by Crippen LogP contribution is -2.44. The molecule has 5 unspecified atom stereocenters. The van der Waals surface area contributed by atoms with Crippen LogP contribution in [0.25, 0.3) is 0 Å². The molecule has 0 bridgehead atoms. The highest BCUT2D eigenvalue weighted by atomic mass is 19.2. The van der Waals surface area contributed by atoms with Crippen LogP contribution in [0.4, 0.5) is 8.78 Å². The molecule has 0 amide bonds. The third-order valence-electron chi connectivity index (χ3n) is 8.74. The Morgan fingerprint density at radius 2 is 1.22 bits per heavy atom. The maximum absolute atomic E-state index is 14.8. The number of epoxide rings is 1. The molecule has 4 aliphatic rings. The standard InChI is InChI=1S/C24H40F2O/c1-2-3-4-16-5-7-17(8-6-16)18-9-11-19(12-10-18)20-13-14-21(22-15-27-22)24(26)23(20)25/h16-24H,2-15H2,1H3. The van der Waals surface area contributed by atoms with E-state index in [9.17, 15) is 8.78 Å². The number of unbranched alkanes of at least 4 members (excludes halogenated alkanes) is 1. The molecule has 3 saturated carbocycles. The van der Waals surface area contributed by atoms with Gasteiger partial charge in [0.15, 0.2) is 0 Å². The number of rotatable bonds is 6. The van der Waals surface area contributed by atoms with E-state index in [4.69, 9.17) is 4.74 Å². The molecule has 0 spiro atoms. The lowest BCUT2D eigenvalue weighted by Gasteiger charge is -2.43. The zero-order valence-corrected chi connectivity index (χ0v) is 17.3. The van der Waals surface area contributed by atoms with Crippen LogP contribution in [0.2, 0.25) is 0 Å². The van der Waals surface area contributed by atoms with Crippen LogP contribution < -0.4 is 0 Å². The molecule has 1 heterocycles. The largest absolute Gasteiger partial charge is 0.373 e. The van der Waals surface area contributed by atoms with Crippen molar-refractivity contribution in [1.29, 1.82) is 0 Å². The minimum Gasteiger partial charge on any atom is -0.373 e. The lowest BCUT2D eigenvalue weighted by atomic mass is 9.64. The second-order valence-electron chi connectivity index (χ2n) is 10.3. The van der Waals surface area contributed by atoms with Gasteiger partial charge in [0.05, 0.1) is 12.7 Å². The van der Waals surface area contributed by atoms with E-state index >= 15 is 0 Å². The Morgan fingerprint density at radius 3 is 1.81 bits per heavy atom. The van der Waals surface area contributed by atoms with Gasteiger partial charge in [0, 0.05) is 5.92 Å². The number of alkyl halides is 2. The van der Waals surface area contributed by atoms with E-state index in [0.29, 0.717) is 12.5 Å². The summed E-state index contributed by atoms with van der Waals surface area (Å²) < 4.78 is 34.7. The van der Waals surface area contributed by atoms with Gasteiger partial charge >= 0.3 is 0 Å². The Kier molecular flexibility index (Phi) is 6.77. The maximum atomic E-state index is 14.8. The molecule has 156 valence electrons. The molecule has 0 aromatic carbocycles. The molecule has 5 atom stereocenters. The molecule has 1 saturated heterocycles. The fraction of sp³-hybridized carbons (Fsp3) is 1.00. The summed E-state index contributed by atoms with van der Waals surface area (Å²) in [6.07, 6.45) is 13.9. The SMILES string of the molecule is CCCCC1CCC(C2CCC(C3CCC(C4CO4)C(F)C3F)CC2)CC1. The molecule has 0 N–H and O–H groups in total. The van der Waals surface area contributed by atoms with Gasteiger partial charge < -0.3 is 4.74 Å². The van der Waals surface area contributed by atoms with Gasteiger partial charge in [-0.05, 0) is 81.0 Å². The zero-order chi connectivity index (χ0) is 18.8. The van der Waals surface area contributed by atoms with Crippen molar-refractivity contribution in [2.24, 2.45) is 35.5 Å². The quantitative estimate of drug-likeness (QED) is 0.456. The number of hydrogen-bond donors (Lipinski definition) is 0. The lowest BCUT2D eigenvalue weighted by molar-refractivity contribution is -0.0219. The zero-order valence-electron chi connectivity index (χ0n) is 17.3. The normalized spacial score (nSPS) is 48.3. The van der Waals surface area contributed by atoms with Crippen LogP contribution >= 0.6 is 0 Å². The summed E-state index contributed by atoms with van der Waals surface area (Å²) in [5, 5.41) is 0. The Hall–Kier alpha value is -0.180. The van der Waals surface area contributed by atoms with Crippen LogP contribution in [-0.4, -0.2) is 25.1 Å². The fourth-order valence-electron chi connectivity index (χ4n) is 6.85.